The summed E-state index contributed by atoms with van der Waals surface area (Å²) >= 11 is 16.6. The third-order valence-electron chi connectivity index (χ3n) is 2.84. The van der Waals surface area contributed by atoms with Crippen molar-refractivity contribution in [2.24, 2.45) is 0 Å². The molecule has 5 nitrogen and oxygen atoms in total. The Morgan fingerprint density at radius 3 is 2.41 bits per heavy atom. The number of ether oxygens (including phenoxy) is 2. The first kappa shape index (κ1) is 18.9. The number of alkyl halides is 3. The Morgan fingerprint density at radius 2 is 1.86 bits per heavy atom. The molecule has 122 valence electrons. The second kappa shape index (κ2) is 8.46. The standard InChI is InChI=1S/C14H17Cl3N2O3/c1-10(12(18)22-9-14(15,16)17)19(2)13(20)21-8-11-6-4-3-5-7-11/h3-7,10,18H,8-9H2,1-2H3/t10-/m0/s1. The van der Waals surface area contributed by atoms with Crippen LogP contribution in [0.5, 0.6) is 0 Å². The molecule has 22 heavy (non-hydrogen) atoms. The lowest BCUT2D eigenvalue weighted by atomic mass is 10.2. The normalized spacial score (nSPS) is 12.4. The van der Waals surface area contributed by atoms with Gasteiger partial charge in [-0.1, -0.05) is 65.1 Å². The number of hydrogen-bond acceptors (Lipinski definition) is 4. The highest BCUT2D eigenvalue weighted by molar-refractivity contribution is 6.67. The van der Waals surface area contributed by atoms with Crippen LogP contribution in [0, 0.1) is 5.41 Å². The van der Waals surface area contributed by atoms with E-state index in [1.807, 2.05) is 30.3 Å². The summed E-state index contributed by atoms with van der Waals surface area (Å²) in [6.45, 7) is 1.50. The van der Waals surface area contributed by atoms with Crippen molar-refractivity contribution in [2.45, 2.75) is 23.4 Å². The number of rotatable bonds is 5. The largest absolute Gasteiger partial charge is 0.475 e. The van der Waals surface area contributed by atoms with Crippen molar-refractivity contribution >= 4 is 46.8 Å². The molecule has 0 spiro atoms. The van der Waals surface area contributed by atoms with E-state index in [2.05, 4.69) is 0 Å². The predicted octanol–water partition coefficient (Wildman–Crippen LogP) is 4.01. The maximum Gasteiger partial charge on any atom is 0.410 e. The Bertz CT molecular complexity index is 506. The van der Waals surface area contributed by atoms with Gasteiger partial charge in [-0.3, -0.25) is 10.3 Å². The zero-order chi connectivity index (χ0) is 16.8. The Hall–Kier alpha value is -1.17. The number of halogens is 3. The summed E-state index contributed by atoms with van der Waals surface area (Å²) in [5.74, 6) is -0.189. The van der Waals surface area contributed by atoms with Crippen LogP contribution in [0.4, 0.5) is 4.79 Å². The molecule has 1 aromatic carbocycles. The summed E-state index contributed by atoms with van der Waals surface area (Å²) in [6, 6.07) is 8.65. The molecule has 0 aliphatic rings. The maximum absolute atomic E-state index is 11.9. The fraction of sp³-hybridized carbons (Fsp3) is 0.429. The number of likely N-dealkylation sites (N-methyl/N-ethyl adjacent to an activating group) is 1. The van der Waals surface area contributed by atoms with E-state index in [-0.39, 0.29) is 19.1 Å². The van der Waals surface area contributed by atoms with Crippen LogP contribution in [0.3, 0.4) is 0 Å². The minimum absolute atomic E-state index is 0.152. The van der Waals surface area contributed by atoms with Crippen molar-refractivity contribution in [3.05, 3.63) is 35.9 Å². The van der Waals surface area contributed by atoms with Gasteiger partial charge >= 0.3 is 6.09 Å². The first-order valence-corrected chi connectivity index (χ1v) is 7.55. The van der Waals surface area contributed by atoms with Crippen molar-refractivity contribution in [3.63, 3.8) is 0 Å². The van der Waals surface area contributed by atoms with Crippen molar-refractivity contribution in [3.8, 4) is 0 Å². The molecule has 0 saturated carbocycles. The molecular formula is C14H17Cl3N2O3. The topological polar surface area (TPSA) is 62.6 Å². The Labute approximate surface area is 144 Å². The van der Waals surface area contributed by atoms with Crippen LogP contribution in [-0.2, 0) is 16.1 Å². The van der Waals surface area contributed by atoms with Crippen LogP contribution >= 0.6 is 34.8 Å². The van der Waals surface area contributed by atoms with Crippen LogP contribution in [0.1, 0.15) is 12.5 Å². The number of carbonyl (C=O) groups excluding carboxylic acids is 1. The number of nitrogens with zero attached hydrogens (tertiary/aromatic N) is 1. The predicted molar refractivity (Wildman–Crippen MR) is 87.8 cm³/mol. The molecule has 1 N–H and O–H groups in total. The van der Waals surface area contributed by atoms with Crippen LogP contribution in [0.25, 0.3) is 0 Å². The van der Waals surface area contributed by atoms with E-state index in [4.69, 9.17) is 49.7 Å². The molecule has 1 amide bonds. The second-order valence-corrected chi connectivity index (χ2v) is 7.11. The monoisotopic (exact) mass is 366 g/mol. The quantitative estimate of drug-likeness (QED) is 0.486. The van der Waals surface area contributed by atoms with Crippen molar-refractivity contribution in [2.75, 3.05) is 13.7 Å². The Morgan fingerprint density at radius 1 is 1.27 bits per heavy atom. The third kappa shape index (κ3) is 6.73. The van der Waals surface area contributed by atoms with E-state index >= 15 is 0 Å². The summed E-state index contributed by atoms with van der Waals surface area (Å²) in [7, 11) is 1.51. The second-order valence-electron chi connectivity index (χ2n) is 4.60. The van der Waals surface area contributed by atoms with Gasteiger partial charge in [-0.15, -0.1) is 0 Å². The van der Waals surface area contributed by atoms with E-state index in [9.17, 15) is 4.79 Å². The number of nitrogens with one attached hydrogen (secondary N) is 1. The van der Waals surface area contributed by atoms with Crippen molar-refractivity contribution < 1.29 is 14.3 Å². The highest BCUT2D eigenvalue weighted by Crippen LogP contribution is 2.26. The smallest absolute Gasteiger partial charge is 0.410 e. The molecule has 8 heteroatoms. The van der Waals surface area contributed by atoms with E-state index in [0.29, 0.717) is 0 Å². The molecule has 0 radical (unpaired) electrons. The molecule has 0 aliphatic carbocycles. The van der Waals surface area contributed by atoms with Gasteiger partial charge in [-0.25, -0.2) is 4.79 Å². The van der Waals surface area contributed by atoms with Crippen LogP contribution in [0.2, 0.25) is 0 Å². The van der Waals surface area contributed by atoms with E-state index < -0.39 is 15.9 Å². The van der Waals surface area contributed by atoms with E-state index in [1.165, 1.54) is 11.9 Å². The molecule has 0 bridgehead atoms. The highest BCUT2D eigenvalue weighted by atomic mass is 35.6. The first-order chi connectivity index (χ1) is 10.2. The van der Waals surface area contributed by atoms with Gasteiger partial charge in [-0.2, -0.15) is 0 Å². The maximum atomic E-state index is 11.9. The summed E-state index contributed by atoms with van der Waals surface area (Å²) in [4.78, 5) is 13.2. The average Bonchev–Trinajstić information content (AvgIpc) is 2.49. The fourth-order valence-corrected chi connectivity index (χ4v) is 1.60. The van der Waals surface area contributed by atoms with Crippen molar-refractivity contribution in [1.29, 1.82) is 5.41 Å². The van der Waals surface area contributed by atoms with Crippen LogP contribution in [-0.4, -0.2) is 40.4 Å². The number of benzene rings is 1. The zero-order valence-electron chi connectivity index (χ0n) is 12.2. The van der Waals surface area contributed by atoms with Gasteiger partial charge < -0.3 is 9.47 Å². The molecule has 0 heterocycles. The Balaban J connectivity index is 2.46. The minimum Gasteiger partial charge on any atom is -0.475 e. The van der Waals surface area contributed by atoms with E-state index in [1.54, 1.807) is 6.92 Å². The molecule has 1 aromatic rings. The van der Waals surface area contributed by atoms with Gasteiger partial charge in [0.25, 0.3) is 0 Å². The average molecular weight is 368 g/mol. The minimum atomic E-state index is -1.61. The summed E-state index contributed by atoms with van der Waals surface area (Å²) in [6.07, 6.45) is -0.571. The first-order valence-electron chi connectivity index (χ1n) is 6.42. The van der Waals surface area contributed by atoms with Gasteiger partial charge in [0, 0.05) is 7.05 Å². The molecule has 0 fully saturated rings. The molecule has 0 aliphatic heterocycles. The third-order valence-corrected chi connectivity index (χ3v) is 3.17. The lowest BCUT2D eigenvalue weighted by Crippen LogP contribution is -2.41. The Kier molecular flexibility index (Phi) is 7.26. The number of hydrogen-bond donors (Lipinski definition) is 1. The van der Waals surface area contributed by atoms with Gasteiger partial charge in [0.2, 0.25) is 9.69 Å². The molecule has 1 rings (SSSR count). The fourth-order valence-electron chi connectivity index (χ4n) is 1.44. The molecule has 0 aromatic heterocycles. The SMILES string of the molecule is C[C@@H](C(=N)OCC(Cl)(Cl)Cl)N(C)C(=O)OCc1ccccc1. The zero-order valence-corrected chi connectivity index (χ0v) is 14.5. The van der Waals surface area contributed by atoms with Gasteiger partial charge in [0.1, 0.15) is 19.3 Å². The molecule has 1 atom stereocenters. The van der Waals surface area contributed by atoms with Crippen LogP contribution < -0.4 is 0 Å². The lowest BCUT2D eigenvalue weighted by Gasteiger charge is -2.25. The summed E-state index contributed by atoms with van der Waals surface area (Å²) in [5, 5.41) is 7.75. The van der Waals surface area contributed by atoms with Crippen molar-refractivity contribution in [1.82, 2.24) is 4.90 Å². The number of carbonyl (C=O) groups is 1. The summed E-state index contributed by atoms with van der Waals surface area (Å²) < 4.78 is 8.59. The summed E-state index contributed by atoms with van der Waals surface area (Å²) in [5.41, 5.74) is 0.874. The molecule has 0 unspecified atom stereocenters. The van der Waals surface area contributed by atoms with Gasteiger partial charge in [-0.05, 0) is 12.5 Å². The highest BCUT2D eigenvalue weighted by Gasteiger charge is 2.26. The number of amides is 1. The van der Waals surface area contributed by atoms with Gasteiger partial charge in [0.15, 0.2) is 0 Å². The van der Waals surface area contributed by atoms with E-state index in [0.717, 1.165) is 5.56 Å². The van der Waals surface area contributed by atoms with Gasteiger partial charge in [0.05, 0.1) is 0 Å². The molecular weight excluding hydrogens is 351 g/mol. The van der Waals surface area contributed by atoms with Crippen LogP contribution in [0.15, 0.2) is 30.3 Å². The lowest BCUT2D eigenvalue weighted by molar-refractivity contribution is 0.0973. The molecule has 0 saturated heterocycles.